The van der Waals surface area contributed by atoms with Gasteiger partial charge in [-0.3, -0.25) is 25.2 Å². The molecule has 0 saturated carbocycles. The molecule has 0 aliphatic carbocycles. The van der Waals surface area contributed by atoms with Gasteiger partial charge in [-0.2, -0.15) is 5.10 Å². The first-order valence-corrected chi connectivity index (χ1v) is 9.97. The highest BCUT2D eigenvalue weighted by atomic mass is 35.5. The van der Waals surface area contributed by atoms with Crippen molar-refractivity contribution >= 4 is 44.9 Å². The van der Waals surface area contributed by atoms with E-state index in [1.807, 2.05) is 0 Å². The second-order valence-electron chi connectivity index (χ2n) is 5.71. The third-order valence-corrected chi connectivity index (χ3v) is 5.25. The smallest absolute Gasteiger partial charge is 0.280 e. The van der Waals surface area contributed by atoms with Crippen molar-refractivity contribution in [2.75, 3.05) is 10.1 Å². The predicted octanol–water partition coefficient (Wildman–Crippen LogP) is 3.89. The van der Waals surface area contributed by atoms with Crippen molar-refractivity contribution in [1.29, 1.82) is 0 Å². The maximum Gasteiger partial charge on any atom is 0.295 e. The Kier molecular flexibility index (Phi) is 6.05. The van der Waals surface area contributed by atoms with Crippen LogP contribution in [0.2, 0.25) is 5.02 Å². The number of halogens is 1. The molecule has 29 heavy (non-hydrogen) atoms. The van der Waals surface area contributed by atoms with E-state index >= 15 is 0 Å². The fourth-order valence-electron chi connectivity index (χ4n) is 2.32. The van der Waals surface area contributed by atoms with Crippen molar-refractivity contribution in [1.82, 2.24) is 4.98 Å². The van der Waals surface area contributed by atoms with Gasteiger partial charge in [0.2, 0.25) is 0 Å². The summed E-state index contributed by atoms with van der Waals surface area (Å²) in [7, 11) is -4.05. The summed E-state index contributed by atoms with van der Waals surface area (Å²) in [6.07, 6.45) is 4.60. The highest BCUT2D eigenvalue weighted by Gasteiger charge is 2.21. The van der Waals surface area contributed by atoms with Crippen LogP contribution in [-0.4, -0.2) is 24.5 Å². The molecule has 0 aliphatic heterocycles. The van der Waals surface area contributed by atoms with Crippen LogP contribution >= 0.6 is 11.6 Å². The van der Waals surface area contributed by atoms with Gasteiger partial charge in [-0.15, -0.1) is 0 Å². The standard InChI is InChI=1S/C18H14ClN5O4S/c19-14-4-1-5-15(9-14)23-29(27,28)16-6-7-17(18(10-16)24(25)26)22-21-12-13-3-2-8-20-11-13/h1-12,22-23H/b21-12+. The molecule has 3 aromatic rings. The van der Waals surface area contributed by atoms with Gasteiger partial charge in [-0.25, -0.2) is 8.42 Å². The Hall–Kier alpha value is -3.50. The number of nitrogens with zero attached hydrogens (tertiary/aromatic N) is 3. The van der Waals surface area contributed by atoms with E-state index in [1.54, 1.807) is 36.7 Å². The van der Waals surface area contributed by atoms with Crippen LogP contribution in [0.1, 0.15) is 5.56 Å². The Bertz CT molecular complexity index is 1170. The number of anilines is 2. The lowest BCUT2D eigenvalue weighted by atomic mass is 10.3. The first kappa shape index (κ1) is 20.2. The maximum absolute atomic E-state index is 12.6. The molecule has 0 fully saturated rings. The maximum atomic E-state index is 12.6. The lowest BCUT2D eigenvalue weighted by Crippen LogP contribution is -2.13. The minimum atomic E-state index is -4.05. The molecule has 0 aliphatic rings. The second-order valence-corrected chi connectivity index (χ2v) is 7.83. The number of rotatable bonds is 7. The van der Waals surface area contributed by atoms with Crippen molar-refractivity contribution in [2.45, 2.75) is 4.90 Å². The van der Waals surface area contributed by atoms with Crippen LogP contribution < -0.4 is 10.1 Å². The van der Waals surface area contributed by atoms with Crippen LogP contribution in [0.3, 0.4) is 0 Å². The van der Waals surface area contributed by atoms with E-state index in [4.69, 9.17) is 11.6 Å². The monoisotopic (exact) mass is 431 g/mol. The minimum Gasteiger partial charge on any atom is -0.280 e. The van der Waals surface area contributed by atoms with Crippen LogP contribution in [0.25, 0.3) is 0 Å². The SMILES string of the molecule is O=[N+]([O-])c1cc(S(=O)(=O)Nc2cccc(Cl)c2)ccc1N/N=C/c1cccnc1. The van der Waals surface area contributed by atoms with Gasteiger partial charge in [0.05, 0.1) is 21.7 Å². The third kappa shape index (κ3) is 5.27. The molecule has 0 spiro atoms. The molecule has 2 aromatic carbocycles. The van der Waals surface area contributed by atoms with Crippen molar-refractivity contribution in [3.05, 3.63) is 87.7 Å². The van der Waals surface area contributed by atoms with Crippen molar-refractivity contribution in [2.24, 2.45) is 5.10 Å². The summed E-state index contributed by atoms with van der Waals surface area (Å²) in [5.74, 6) is 0. The number of benzene rings is 2. The van der Waals surface area contributed by atoms with Gasteiger partial charge >= 0.3 is 0 Å². The van der Waals surface area contributed by atoms with Crippen LogP contribution in [0.15, 0.2) is 77.0 Å². The molecule has 3 rings (SSSR count). The predicted molar refractivity (Wildman–Crippen MR) is 111 cm³/mol. The molecule has 148 valence electrons. The molecule has 1 aromatic heterocycles. The zero-order valence-electron chi connectivity index (χ0n) is 14.7. The zero-order valence-corrected chi connectivity index (χ0v) is 16.3. The molecular weight excluding hydrogens is 418 g/mol. The number of pyridine rings is 1. The van der Waals surface area contributed by atoms with E-state index < -0.39 is 20.6 Å². The molecule has 1 heterocycles. The number of aromatic nitrogens is 1. The number of hydrogen-bond donors (Lipinski definition) is 2. The van der Waals surface area contributed by atoms with Crippen LogP contribution in [0.5, 0.6) is 0 Å². The summed E-state index contributed by atoms with van der Waals surface area (Å²) in [4.78, 5) is 14.4. The van der Waals surface area contributed by atoms with E-state index in [-0.39, 0.29) is 16.3 Å². The number of sulfonamides is 1. The Morgan fingerprint density at radius 1 is 1.14 bits per heavy atom. The quantitative estimate of drug-likeness (QED) is 0.332. The van der Waals surface area contributed by atoms with Crippen molar-refractivity contribution < 1.29 is 13.3 Å². The summed E-state index contributed by atoms with van der Waals surface area (Å²) >= 11 is 5.85. The molecule has 0 amide bonds. The molecule has 2 N–H and O–H groups in total. The normalized spacial score (nSPS) is 11.3. The van der Waals surface area contributed by atoms with Crippen LogP contribution in [0, 0.1) is 10.1 Å². The van der Waals surface area contributed by atoms with Gasteiger partial charge < -0.3 is 0 Å². The van der Waals surface area contributed by atoms with E-state index in [2.05, 4.69) is 20.2 Å². The average Bonchev–Trinajstić information content (AvgIpc) is 2.68. The molecule has 0 atom stereocenters. The highest BCUT2D eigenvalue weighted by Crippen LogP contribution is 2.29. The number of nitrogens with one attached hydrogen (secondary N) is 2. The first-order valence-electron chi connectivity index (χ1n) is 8.11. The van der Waals surface area contributed by atoms with Crippen LogP contribution in [0.4, 0.5) is 17.1 Å². The Morgan fingerprint density at radius 2 is 1.97 bits per heavy atom. The summed E-state index contributed by atoms with van der Waals surface area (Å²) in [5.41, 5.74) is 3.07. The molecule has 0 radical (unpaired) electrons. The van der Waals surface area contributed by atoms with Gasteiger partial charge in [0.15, 0.2) is 0 Å². The van der Waals surface area contributed by atoms with Gasteiger partial charge in [0.25, 0.3) is 15.7 Å². The Morgan fingerprint density at radius 3 is 2.66 bits per heavy atom. The van der Waals surface area contributed by atoms with Gasteiger partial charge in [0.1, 0.15) is 5.69 Å². The number of hydrogen-bond acceptors (Lipinski definition) is 7. The fraction of sp³-hybridized carbons (Fsp3) is 0. The lowest BCUT2D eigenvalue weighted by Gasteiger charge is -2.09. The molecule has 11 heteroatoms. The van der Waals surface area contributed by atoms with E-state index in [1.165, 1.54) is 30.5 Å². The summed E-state index contributed by atoms with van der Waals surface area (Å²) in [6.45, 7) is 0. The van der Waals surface area contributed by atoms with E-state index in [0.29, 0.717) is 10.6 Å². The van der Waals surface area contributed by atoms with Gasteiger partial charge in [-0.1, -0.05) is 23.7 Å². The first-order chi connectivity index (χ1) is 13.8. The summed E-state index contributed by atoms with van der Waals surface area (Å²) in [6, 6.07) is 13.0. The number of nitro groups is 1. The van der Waals surface area contributed by atoms with E-state index in [9.17, 15) is 18.5 Å². The highest BCUT2D eigenvalue weighted by molar-refractivity contribution is 7.92. The summed E-state index contributed by atoms with van der Waals surface area (Å²) < 4.78 is 27.5. The summed E-state index contributed by atoms with van der Waals surface area (Å²) in [5, 5.41) is 15.7. The Balaban J connectivity index is 1.85. The zero-order chi connectivity index (χ0) is 20.9. The van der Waals surface area contributed by atoms with Crippen molar-refractivity contribution in [3.63, 3.8) is 0 Å². The molecule has 9 nitrogen and oxygen atoms in total. The largest absolute Gasteiger partial charge is 0.295 e. The van der Waals surface area contributed by atoms with Gasteiger partial charge in [0, 0.05) is 29.0 Å². The van der Waals surface area contributed by atoms with Crippen LogP contribution in [-0.2, 0) is 10.0 Å². The molecule has 0 saturated heterocycles. The second kappa shape index (κ2) is 8.67. The Labute approximate surface area is 171 Å². The topological polar surface area (TPSA) is 127 Å². The van der Waals surface area contributed by atoms with E-state index in [0.717, 1.165) is 6.07 Å². The lowest BCUT2D eigenvalue weighted by molar-refractivity contribution is -0.384. The average molecular weight is 432 g/mol. The molecule has 0 bridgehead atoms. The number of hydrazone groups is 1. The molecule has 0 unspecified atom stereocenters. The van der Waals surface area contributed by atoms with Crippen molar-refractivity contribution in [3.8, 4) is 0 Å². The van der Waals surface area contributed by atoms with Gasteiger partial charge in [-0.05, 0) is 36.4 Å². The molecular formula is C18H14ClN5O4S. The number of nitro benzene ring substituents is 1. The third-order valence-electron chi connectivity index (χ3n) is 3.64. The fourth-order valence-corrected chi connectivity index (χ4v) is 3.58. The minimum absolute atomic E-state index is 0.0387.